The van der Waals surface area contributed by atoms with Gasteiger partial charge in [-0.15, -0.1) is 0 Å². The van der Waals surface area contributed by atoms with Gasteiger partial charge in [-0.1, -0.05) is 6.92 Å². The molecule has 1 saturated heterocycles. The third-order valence-electron chi connectivity index (χ3n) is 3.73. The first kappa shape index (κ1) is 12.6. The van der Waals surface area contributed by atoms with Crippen molar-refractivity contribution in [2.24, 2.45) is 5.92 Å². The van der Waals surface area contributed by atoms with Crippen molar-refractivity contribution in [1.29, 1.82) is 0 Å². The summed E-state index contributed by atoms with van der Waals surface area (Å²) < 4.78 is 11.2. The summed E-state index contributed by atoms with van der Waals surface area (Å²) in [4.78, 5) is 2.44. The Hall–Kier alpha value is -1.42. The van der Waals surface area contributed by atoms with Crippen LogP contribution in [0.4, 0.5) is 5.69 Å². The second kappa shape index (κ2) is 5.29. The summed E-state index contributed by atoms with van der Waals surface area (Å²) in [7, 11) is 0. The number of anilines is 1. The number of nitrogens with zero attached hydrogens (tertiary/aromatic N) is 1. The van der Waals surface area contributed by atoms with Gasteiger partial charge in [-0.05, 0) is 31.5 Å². The van der Waals surface area contributed by atoms with Crippen LogP contribution >= 0.6 is 0 Å². The Kier molecular flexibility index (Phi) is 3.51. The maximum Gasteiger partial charge on any atom is 0.163 e. The van der Waals surface area contributed by atoms with E-state index >= 15 is 0 Å². The van der Waals surface area contributed by atoms with Crippen molar-refractivity contribution >= 4 is 5.69 Å². The molecule has 3 rings (SSSR count). The molecule has 2 unspecified atom stereocenters. The average Bonchev–Trinajstić information content (AvgIpc) is 2.60. The SMILES string of the molecule is CC1CNC(C)CN(c2ccc3c(c2)OCCO3)C1. The fraction of sp³-hybridized carbons (Fsp3) is 0.600. The van der Waals surface area contributed by atoms with Crippen molar-refractivity contribution in [3.05, 3.63) is 18.2 Å². The van der Waals surface area contributed by atoms with Gasteiger partial charge in [0.25, 0.3) is 0 Å². The van der Waals surface area contributed by atoms with E-state index in [1.54, 1.807) is 0 Å². The highest BCUT2D eigenvalue weighted by Gasteiger charge is 2.20. The lowest BCUT2D eigenvalue weighted by Gasteiger charge is -2.28. The molecule has 0 amide bonds. The molecule has 0 radical (unpaired) electrons. The number of benzene rings is 1. The van der Waals surface area contributed by atoms with Gasteiger partial charge in [0, 0.05) is 30.9 Å². The normalized spacial score (nSPS) is 26.9. The zero-order valence-electron chi connectivity index (χ0n) is 11.7. The van der Waals surface area contributed by atoms with Crippen LogP contribution in [0.5, 0.6) is 11.5 Å². The van der Waals surface area contributed by atoms with Crippen LogP contribution in [0, 0.1) is 5.92 Å². The molecule has 1 N–H and O–H groups in total. The van der Waals surface area contributed by atoms with Crippen LogP contribution in [-0.2, 0) is 0 Å². The van der Waals surface area contributed by atoms with Gasteiger partial charge in [0.15, 0.2) is 11.5 Å². The molecule has 1 aromatic carbocycles. The molecule has 0 aliphatic carbocycles. The molecule has 0 bridgehead atoms. The van der Waals surface area contributed by atoms with E-state index in [0.717, 1.165) is 31.1 Å². The Morgan fingerprint density at radius 2 is 1.89 bits per heavy atom. The summed E-state index contributed by atoms with van der Waals surface area (Å²) in [6.07, 6.45) is 0. The zero-order valence-corrected chi connectivity index (χ0v) is 11.7. The number of ether oxygens (including phenoxy) is 2. The molecular formula is C15H22N2O2. The third kappa shape index (κ3) is 2.78. The highest BCUT2D eigenvalue weighted by Crippen LogP contribution is 2.34. The van der Waals surface area contributed by atoms with Gasteiger partial charge in [0.1, 0.15) is 13.2 Å². The molecule has 2 atom stereocenters. The van der Waals surface area contributed by atoms with Gasteiger partial charge >= 0.3 is 0 Å². The number of hydrogen-bond acceptors (Lipinski definition) is 4. The maximum atomic E-state index is 5.67. The maximum absolute atomic E-state index is 5.67. The van der Waals surface area contributed by atoms with Crippen molar-refractivity contribution in [2.75, 3.05) is 37.7 Å². The van der Waals surface area contributed by atoms with E-state index in [1.165, 1.54) is 5.69 Å². The first-order valence-corrected chi connectivity index (χ1v) is 7.10. The summed E-state index contributed by atoms with van der Waals surface area (Å²) >= 11 is 0. The molecule has 1 fully saturated rings. The lowest BCUT2D eigenvalue weighted by molar-refractivity contribution is 0.171. The van der Waals surface area contributed by atoms with Gasteiger partial charge in [0.2, 0.25) is 0 Å². The van der Waals surface area contributed by atoms with Crippen LogP contribution in [0.2, 0.25) is 0 Å². The minimum atomic E-state index is 0.512. The lowest BCUT2D eigenvalue weighted by atomic mass is 10.1. The Labute approximate surface area is 114 Å². The van der Waals surface area contributed by atoms with E-state index in [1.807, 2.05) is 6.07 Å². The summed E-state index contributed by atoms with van der Waals surface area (Å²) in [5.74, 6) is 2.39. The highest BCUT2D eigenvalue weighted by molar-refractivity contribution is 5.57. The number of rotatable bonds is 1. The fourth-order valence-electron chi connectivity index (χ4n) is 2.75. The molecule has 0 spiro atoms. The number of hydrogen-bond donors (Lipinski definition) is 1. The van der Waals surface area contributed by atoms with Gasteiger partial charge in [0.05, 0.1) is 0 Å². The molecular weight excluding hydrogens is 240 g/mol. The minimum Gasteiger partial charge on any atom is -0.486 e. The summed E-state index contributed by atoms with van der Waals surface area (Å²) in [6, 6.07) is 6.79. The quantitative estimate of drug-likeness (QED) is 0.838. The fourth-order valence-corrected chi connectivity index (χ4v) is 2.75. The summed E-state index contributed by atoms with van der Waals surface area (Å²) in [5, 5.41) is 3.56. The molecule has 19 heavy (non-hydrogen) atoms. The van der Waals surface area contributed by atoms with Gasteiger partial charge in [-0.2, -0.15) is 0 Å². The van der Waals surface area contributed by atoms with Crippen LogP contribution in [0.15, 0.2) is 18.2 Å². The third-order valence-corrected chi connectivity index (χ3v) is 3.73. The second-order valence-electron chi connectivity index (χ2n) is 5.65. The Morgan fingerprint density at radius 3 is 2.74 bits per heavy atom. The predicted molar refractivity (Wildman–Crippen MR) is 76.3 cm³/mol. The molecule has 1 aromatic rings. The molecule has 2 aliphatic heterocycles. The Bertz CT molecular complexity index is 438. The van der Waals surface area contributed by atoms with Crippen LogP contribution in [0.3, 0.4) is 0 Å². The van der Waals surface area contributed by atoms with Crippen molar-refractivity contribution in [3.8, 4) is 11.5 Å². The molecule has 2 heterocycles. The van der Waals surface area contributed by atoms with Gasteiger partial charge in [-0.3, -0.25) is 0 Å². The second-order valence-corrected chi connectivity index (χ2v) is 5.65. The zero-order chi connectivity index (χ0) is 13.2. The Morgan fingerprint density at radius 1 is 1.11 bits per heavy atom. The van der Waals surface area contributed by atoms with Crippen LogP contribution in [0.1, 0.15) is 13.8 Å². The predicted octanol–water partition coefficient (Wildman–Crippen LogP) is 1.89. The molecule has 0 aromatic heterocycles. The van der Waals surface area contributed by atoms with Crippen LogP contribution in [0.25, 0.3) is 0 Å². The minimum absolute atomic E-state index is 0.512. The van der Waals surface area contributed by atoms with E-state index in [9.17, 15) is 0 Å². The monoisotopic (exact) mass is 262 g/mol. The Balaban J connectivity index is 1.83. The number of nitrogens with one attached hydrogen (secondary N) is 1. The van der Waals surface area contributed by atoms with Crippen molar-refractivity contribution < 1.29 is 9.47 Å². The molecule has 4 nitrogen and oxygen atoms in total. The molecule has 0 saturated carbocycles. The van der Waals surface area contributed by atoms with Crippen LogP contribution in [-0.4, -0.2) is 38.9 Å². The topological polar surface area (TPSA) is 33.7 Å². The molecule has 2 aliphatic rings. The summed E-state index contributed by atoms with van der Waals surface area (Å²) in [6.45, 7) is 9.02. The smallest absolute Gasteiger partial charge is 0.163 e. The van der Waals surface area contributed by atoms with Crippen molar-refractivity contribution in [1.82, 2.24) is 5.32 Å². The largest absolute Gasteiger partial charge is 0.486 e. The van der Waals surface area contributed by atoms with E-state index in [2.05, 4.69) is 36.2 Å². The standard InChI is InChI=1S/C15H22N2O2/c1-11-8-16-12(2)10-17(9-11)13-3-4-14-15(7-13)19-6-5-18-14/h3-4,7,11-12,16H,5-6,8-10H2,1-2H3. The van der Waals surface area contributed by atoms with Gasteiger partial charge < -0.3 is 19.7 Å². The van der Waals surface area contributed by atoms with E-state index in [-0.39, 0.29) is 0 Å². The first-order chi connectivity index (χ1) is 9.22. The van der Waals surface area contributed by atoms with Crippen molar-refractivity contribution in [3.63, 3.8) is 0 Å². The summed E-state index contributed by atoms with van der Waals surface area (Å²) in [5.41, 5.74) is 1.23. The number of fused-ring (bicyclic) bond motifs is 1. The highest BCUT2D eigenvalue weighted by atomic mass is 16.6. The van der Waals surface area contributed by atoms with Crippen LogP contribution < -0.4 is 19.7 Å². The van der Waals surface area contributed by atoms with Crippen molar-refractivity contribution in [2.45, 2.75) is 19.9 Å². The van der Waals surface area contributed by atoms with E-state index in [4.69, 9.17) is 9.47 Å². The first-order valence-electron chi connectivity index (χ1n) is 7.10. The molecule has 4 heteroatoms. The lowest BCUT2D eigenvalue weighted by Crippen LogP contribution is -2.35. The van der Waals surface area contributed by atoms with E-state index in [0.29, 0.717) is 25.2 Å². The van der Waals surface area contributed by atoms with E-state index < -0.39 is 0 Å². The van der Waals surface area contributed by atoms with Gasteiger partial charge in [-0.25, -0.2) is 0 Å². The average molecular weight is 262 g/mol. The molecule has 104 valence electrons.